The van der Waals surface area contributed by atoms with Crippen LogP contribution >= 0.6 is 7.14 Å². The average Bonchev–Trinajstić information content (AvgIpc) is 3.63. The maximum atomic E-state index is 15.2. The van der Waals surface area contributed by atoms with Crippen molar-refractivity contribution in [3.8, 4) is 39.1 Å². The minimum atomic E-state index is -3.03. The second-order valence-corrected chi connectivity index (χ2v) is 15.6. The molecule has 10 rings (SSSR count). The van der Waals surface area contributed by atoms with E-state index in [4.69, 9.17) is 0 Å². The van der Waals surface area contributed by atoms with E-state index in [1.807, 2.05) is 42.5 Å². The Morgan fingerprint density at radius 2 is 1.00 bits per heavy atom. The van der Waals surface area contributed by atoms with Crippen LogP contribution < -0.4 is 15.9 Å². The van der Waals surface area contributed by atoms with Gasteiger partial charge in [0.15, 0.2) is 7.14 Å². The smallest absolute Gasteiger partial charge is 0.172 e. The second kappa shape index (κ2) is 10.8. The molecule has 1 unspecified atom stereocenters. The molecule has 0 amide bonds. The molecule has 0 N–H and O–H groups in total. The Bertz CT molecular complexity index is 2780. The number of rotatable bonds is 4. The molecule has 230 valence electrons. The van der Waals surface area contributed by atoms with Crippen LogP contribution in [0.1, 0.15) is 0 Å². The normalized spacial score (nSPS) is 15.1. The fourth-order valence-electron chi connectivity index (χ4n) is 7.81. The van der Waals surface area contributed by atoms with E-state index in [1.165, 1.54) is 33.0 Å². The highest BCUT2D eigenvalue weighted by molar-refractivity contribution is 7.86. The maximum absolute atomic E-state index is 15.2. The first-order valence-electron chi connectivity index (χ1n) is 16.7. The van der Waals surface area contributed by atoms with Gasteiger partial charge in [0.25, 0.3) is 0 Å². The highest BCUT2D eigenvalue weighted by atomic mass is 31.2. The molecule has 1 aliphatic heterocycles. The minimum Gasteiger partial charge on any atom is -0.309 e. The molecule has 0 radical (unpaired) electrons. The summed E-state index contributed by atoms with van der Waals surface area (Å²) in [6.45, 7) is 0. The largest absolute Gasteiger partial charge is 0.309 e. The highest BCUT2D eigenvalue weighted by Gasteiger charge is 2.40. The number of benzene rings is 8. The quantitative estimate of drug-likeness (QED) is 0.175. The van der Waals surface area contributed by atoms with E-state index in [9.17, 15) is 0 Å². The van der Waals surface area contributed by atoms with Crippen molar-refractivity contribution in [3.63, 3.8) is 0 Å². The molecule has 49 heavy (non-hydrogen) atoms. The lowest BCUT2D eigenvalue weighted by Gasteiger charge is -2.16. The number of para-hydroxylation sites is 1. The summed E-state index contributed by atoms with van der Waals surface area (Å²) in [5, 5.41) is 7.52. The molecular formula is C46H30NOP. The standard InChI is InChI=1S/C46H30NOP/c48-49(38-12-2-1-3-13-38)45-17-9-7-15-40(45)42-29-44-41(30-46(42)49)39-14-6-8-16-43(39)47(44)37-26-24-33(25-27-37)32-18-20-34(21-19-32)36-23-22-31-10-4-5-11-35(31)28-36/h1-30H. The van der Waals surface area contributed by atoms with Gasteiger partial charge in [0.1, 0.15) is 0 Å². The van der Waals surface area contributed by atoms with Crippen LogP contribution in [-0.2, 0) is 4.57 Å². The molecule has 0 aliphatic carbocycles. The summed E-state index contributed by atoms with van der Waals surface area (Å²) in [5.74, 6) is 0. The number of nitrogens with zero attached hydrogens (tertiary/aromatic N) is 1. The van der Waals surface area contributed by atoms with E-state index in [0.717, 1.165) is 54.5 Å². The van der Waals surface area contributed by atoms with E-state index >= 15 is 4.57 Å². The third-order valence-corrected chi connectivity index (χ3v) is 13.4. The molecular weight excluding hydrogens is 613 g/mol. The van der Waals surface area contributed by atoms with Gasteiger partial charge in [-0.05, 0) is 80.6 Å². The molecule has 1 aliphatic rings. The summed E-state index contributed by atoms with van der Waals surface area (Å²) in [6.07, 6.45) is 0. The number of fused-ring (bicyclic) bond motifs is 7. The molecule has 0 saturated heterocycles. The molecule has 0 spiro atoms. The Kier molecular flexibility index (Phi) is 6.19. The maximum Gasteiger partial charge on any atom is 0.172 e. The number of hydrogen-bond acceptors (Lipinski definition) is 1. The second-order valence-electron chi connectivity index (χ2n) is 12.9. The van der Waals surface area contributed by atoms with Crippen molar-refractivity contribution < 1.29 is 4.57 Å². The Balaban J connectivity index is 1.08. The zero-order chi connectivity index (χ0) is 32.5. The molecule has 0 bridgehead atoms. The molecule has 1 aromatic heterocycles. The van der Waals surface area contributed by atoms with Gasteiger partial charge in [-0.1, -0.05) is 146 Å². The van der Waals surface area contributed by atoms with E-state index < -0.39 is 7.14 Å². The average molecular weight is 644 g/mol. The fraction of sp³-hybridized carbons (Fsp3) is 0. The monoisotopic (exact) mass is 643 g/mol. The summed E-state index contributed by atoms with van der Waals surface area (Å²) in [4.78, 5) is 0. The van der Waals surface area contributed by atoms with Gasteiger partial charge in [0.2, 0.25) is 0 Å². The van der Waals surface area contributed by atoms with Gasteiger partial charge in [-0.3, -0.25) is 0 Å². The molecule has 2 heterocycles. The van der Waals surface area contributed by atoms with Gasteiger partial charge in [0, 0.05) is 32.4 Å². The number of aromatic nitrogens is 1. The van der Waals surface area contributed by atoms with Crippen molar-refractivity contribution in [3.05, 3.63) is 182 Å². The van der Waals surface area contributed by atoms with Gasteiger partial charge >= 0.3 is 0 Å². The van der Waals surface area contributed by atoms with Crippen molar-refractivity contribution in [1.29, 1.82) is 0 Å². The summed E-state index contributed by atoms with van der Waals surface area (Å²) in [5.41, 5.74) is 10.3. The van der Waals surface area contributed by atoms with Gasteiger partial charge in [-0.2, -0.15) is 0 Å². The van der Waals surface area contributed by atoms with Gasteiger partial charge in [0.05, 0.1) is 11.0 Å². The summed E-state index contributed by atoms with van der Waals surface area (Å²) < 4.78 is 17.6. The molecule has 9 aromatic rings. The van der Waals surface area contributed by atoms with Crippen molar-refractivity contribution in [2.24, 2.45) is 0 Å². The zero-order valence-corrected chi connectivity index (χ0v) is 27.5. The summed E-state index contributed by atoms with van der Waals surface area (Å²) >= 11 is 0. The SMILES string of the molecule is O=P1(c2ccccc2)c2ccccc2-c2cc3c(cc21)c1ccccc1n3-c1ccc(-c2ccc(-c3ccc4ccccc4c3)cc2)cc1. The Hall–Kier alpha value is -5.95. The molecule has 0 fully saturated rings. The Morgan fingerprint density at radius 1 is 0.388 bits per heavy atom. The molecule has 8 aromatic carbocycles. The van der Waals surface area contributed by atoms with E-state index in [-0.39, 0.29) is 0 Å². The third-order valence-electron chi connectivity index (χ3n) is 10.2. The third kappa shape index (κ3) is 4.25. The van der Waals surface area contributed by atoms with Gasteiger partial charge in [-0.15, -0.1) is 0 Å². The minimum absolute atomic E-state index is 0.880. The van der Waals surface area contributed by atoms with E-state index in [1.54, 1.807) is 0 Å². The van der Waals surface area contributed by atoms with Crippen molar-refractivity contribution in [1.82, 2.24) is 4.57 Å². The van der Waals surface area contributed by atoms with Crippen LogP contribution in [0.2, 0.25) is 0 Å². The summed E-state index contributed by atoms with van der Waals surface area (Å²) in [6, 6.07) is 64.1. The summed E-state index contributed by atoms with van der Waals surface area (Å²) in [7, 11) is -3.03. The van der Waals surface area contributed by atoms with Crippen LogP contribution in [-0.4, -0.2) is 4.57 Å². The lowest BCUT2D eigenvalue weighted by molar-refractivity contribution is 0.593. The van der Waals surface area contributed by atoms with Gasteiger partial charge in [-0.25, -0.2) is 0 Å². The molecule has 1 atom stereocenters. The first-order valence-corrected chi connectivity index (χ1v) is 18.4. The van der Waals surface area contributed by atoms with Crippen molar-refractivity contribution >= 4 is 55.6 Å². The predicted octanol–water partition coefficient (Wildman–Crippen LogP) is 10.9. The topological polar surface area (TPSA) is 22.0 Å². The molecule has 2 nitrogen and oxygen atoms in total. The Morgan fingerprint density at radius 3 is 1.80 bits per heavy atom. The van der Waals surface area contributed by atoms with Crippen LogP contribution in [0, 0.1) is 0 Å². The Labute approximate surface area is 284 Å². The molecule has 3 heteroatoms. The van der Waals surface area contributed by atoms with Gasteiger partial charge < -0.3 is 9.13 Å². The first kappa shape index (κ1) is 28.1. The van der Waals surface area contributed by atoms with Crippen LogP contribution in [0.5, 0.6) is 0 Å². The van der Waals surface area contributed by atoms with Crippen molar-refractivity contribution in [2.45, 2.75) is 0 Å². The van der Waals surface area contributed by atoms with Crippen LogP contribution in [0.4, 0.5) is 0 Å². The van der Waals surface area contributed by atoms with Crippen LogP contribution in [0.25, 0.3) is 71.6 Å². The predicted molar refractivity (Wildman–Crippen MR) is 208 cm³/mol. The lowest BCUT2D eigenvalue weighted by atomic mass is 9.98. The first-order chi connectivity index (χ1) is 24.2. The molecule has 0 saturated carbocycles. The van der Waals surface area contributed by atoms with Crippen LogP contribution in [0.3, 0.4) is 0 Å². The highest BCUT2D eigenvalue weighted by Crippen LogP contribution is 2.53. The fourth-order valence-corrected chi connectivity index (χ4v) is 10.9. The van der Waals surface area contributed by atoms with Crippen LogP contribution in [0.15, 0.2) is 182 Å². The van der Waals surface area contributed by atoms with E-state index in [2.05, 4.69) is 144 Å². The van der Waals surface area contributed by atoms with Crippen molar-refractivity contribution in [2.75, 3.05) is 0 Å². The zero-order valence-electron chi connectivity index (χ0n) is 26.6. The number of hydrogen-bond donors (Lipinski definition) is 0. The van der Waals surface area contributed by atoms with E-state index in [0.29, 0.717) is 0 Å². The lowest BCUT2D eigenvalue weighted by Crippen LogP contribution is -2.20.